The molecule has 1 aliphatic heterocycles. The van der Waals surface area contributed by atoms with Crippen molar-refractivity contribution in [2.75, 3.05) is 25.5 Å². The molecule has 0 aromatic heterocycles. The highest BCUT2D eigenvalue weighted by Crippen LogP contribution is 2.26. The van der Waals surface area contributed by atoms with Gasteiger partial charge in [0.25, 0.3) is 0 Å². The minimum absolute atomic E-state index is 0.101. The third-order valence-electron chi connectivity index (χ3n) is 6.05. The minimum atomic E-state index is -0.184. The predicted octanol–water partition coefficient (Wildman–Crippen LogP) is 5.54. The Labute approximate surface area is 183 Å². The number of nitrogens with one attached hydrogen (secondary N) is 1. The van der Waals surface area contributed by atoms with Crippen molar-refractivity contribution in [3.8, 4) is 5.75 Å². The molecule has 5 nitrogen and oxygen atoms in total. The highest BCUT2D eigenvalue weighted by Gasteiger charge is 2.29. The van der Waals surface area contributed by atoms with Gasteiger partial charge in [-0.1, -0.05) is 43.3 Å². The molecule has 3 aromatic carbocycles. The van der Waals surface area contributed by atoms with Gasteiger partial charge in [-0.05, 0) is 59.9 Å². The predicted molar refractivity (Wildman–Crippen MR) is 124 cm³/mol. The number of likely N-dealkylation sites (tertiary alicyclic amines) is 1. The van der Waals surface area contributed by atoms with Gasteiger partial charge < -0.3 is 15.0 Å². The van der Waals surface area contributed by atoms with E-state index in [2.05, 4.69) is 12.2 Å². The van der Waals surface area contributed by atoms with E-state index in [0.29, 0.717) is 18.7 Å². The number of benzene rings is 3. The number of carbonyl (C=O) groups excluding carboxylic acids is 2. The molecule has 1 fully saturated rings. The number of ketones is 1. The number of ether oxygens (including phenoxy) is 1. The highest BCUT2D eigenvalue weighted by atomic mass is 16.5. The number of fused-ring (bicyclic) bond motifs is 1. The molecule has 1 aliphatic rings. The first-order valence-corrected chi connectivity index (χ1v) is 10.8. The smallest absolute Gasteiger partial charge is 0.321 e. The molecule has 5 heteroatoms. The van der Waals surface area contributed by atoms with Crippen molar-refractivity contribution in [2.24, 2.45) is 5.92 Å². The normalized spacial score (nSPS) is 16.2. The summed E-state index contributed by atoms with van der Waals surface area (Å²) in [7, 11) is 1.64. The molecule has 1 atom stereocenters. The van der Waals surface area contributed by atoms with Crippen LogP contribution in [0.5, 0.6) is 5.75 Å². The van der Waals surface area contributed by atoms with E-state index < -0.39 is 0 Å². The third-order valence-corrected chi connectivity index (χ3v) is 6.05. The Morgan fingerprint density at radius 1 is 1.06 bits per heavy atom. The molecule has 0 aliphatic carbocycles. The lowest BCUT2D eigenvalue weighted by atomic mass is 9.89. The fraction of sp³-hybridized carbons (Fsp3) is 0.308. The Kier molecular flexibility index (Phi) is 6.21. The molecule has 0 bridgehead atoms. The summed E-state index contributed by atoms with van der Waals surface area (Å²) in [4.78, 5) is 27.8. The maximum absolute atomic E-state index is 13.2. The summed E-state index contributed by atoms with van der Waals surface area (Å²) >= 11 is 0. The second-order valence-electron chi connectivity index (χ2n) is 8.02. The summed E-state index contributed by atoms with van der Waals surface area (Å²) < 4.78 is 5.28. The largest absolute Gasteiger partial charge is 0.497 e. The average molecular weight is 417 g/mol. The Morgan fingerprint density at radius 3 is 2.65 bits per heavy atom. The van der Waals surface area contributed by atoms with Gasteiger partial charge in [0.2, 0.25) is 0 Å². The number of hydrogen-bond acceptors (Lipinski definition) is 3. The van der Waals surface area contributed by atoms with Crippen LogP contribution in [0.15, 0.2) is 60.7 Å². The number of urea groups is 1. The van der Waals surface area contributed by atoms with Crippen molar-refractivity contribution >= 4 is 28.3 Å². The summed E-state index contributed by atoms with van der Waals surface area (Å²) in [5.41, 5.74) is 2.64. The second-order valence-corrected chi connectivity index (χ2v) is 8.02. The molecular weight excluding hydrogens is 388 g/mol. The van der Waals surface area contributed by atoms with E-state index in [0.717, 1.165) is 47.0 Å². The van der Waals surface area contributed by atoms with Gasteiger partial charge in [-0.15, -0.1) is 0 Å². The van der Waals surface area contributed by atoms with Crippen LogP contribution in [0.3, 0.4) is 0 Å². The van der Waals surface area contributed by atoms with Crippen LogP contribution in [0.25, 0.3) is 10.8 Å². The summed E-state index contributed by atoms with van der Waals surface area (Å²) in [6.07, 6.45) is 2.48. The number of nitrogens with zero attached hydrogens (tertiary/aromatic N) is 1. The maximum atomic E-state index is 13.2. The fourth-order valence-electron chi connectivity index (χ4n) is 4.26. The molecule has 1 heterocycles. The summed E-state index contributed by atoms with van der Waals surface area (Å²) in [5, 5.41) is 5.07. The molecule has 0 spiro atoms. The lowest BCUT2D eigenvalue weighted by molar-refractivity contribution is 0.0851. The van der Waals surface area contributed by atoms with E-state index >= 15 is 0 Å². The van der Waals surface area contributed by atoms with Crippen molar-refractivity contribution in [1.29, 1.82) is 0 Å². The molecule has 3 aromatic rings. The monoisotopic (exact) mass is 416 g/mol. The average Bonchev–Trinajstić information content (AvgIpc) is 2.83. The number of hydrogen-bond donors (Lipinski definition) is 1. The van der Waals surface area contributed by atoms with Crippen LogP contribution in [0.2, 0.25) is 0 Å². The van der Waals surface area contributed by atoms with E-state index in [1.54, 1.807) is 12.0 Å². The van der Waals surface area contributed by atoms with Crippen molar-refractivity contribution in [3.63, 3.8) is 0 Å². The van der Waals surface area contributed by atoms with Crippen LogP contribution < -0.4 is 10.1 Å². The lowest BCUT2D eigenvalue weighted by Crippen LogP contribution is -2.44. The minimum Gasteiger partial charge on any atom is -0.497 e. The zero-order valence-corrected chi connectivity index (χ0v) is 18.1. The van der Waals surface area contributed by atoms with Crippen LogP contribution in [0.1, 0.15) is 35.7 Å². The van der Waals surface area contributed by atoms with Crippen LogP contribution in [0.4, 0.5) is 10.5 Å². The van der Waals surface area contributed by atoms with Crippen molar-refractivity contribution in [2.45, 2.75) is 26.2 Å². The number of Topliss-reactive ketones (excluding diaryl/α,β-unsaturated/α-hetero) is 1. The number of piperidine rings is 1. The Hall–Kier alpha value is -3.34. The van der Waals surface area contributed by atoms with Gasteiger partial charge in [0.1, 0.15) is 5.75 Å². The van der Waals surface area contributed by atoms with Crippen LogP contribution in [-0.2, 0) is 6.42 Å². The summed E-state index contributed by atoms with van der Waals surface area (Å²) in [6.45, 7) is 3.18. The number of anilines is 1. The molecule has 2 amide bonds. The molecule has 0 saturated carbocycles. The first kappa shape index (κ1) is 20.9. The van der Waals surface area contributed by atoms with Gasteiger partial charge in [-0.3, -0.25) is 4.79 Å². The van der Waals surface area contributed by atoms with E-state index in [-0.39, 0.29) is 17.7 Å². The lowest BCUT2D eigenvalue weighted by Gasteiger charge is -2.32. The van der Waals surface area contributed by atoms with E-state index in [4.69, 9.17) is 4.74 Å². The van der Waals surface area contributed by atoms with E-state index in [1.807, 2.05) is 60.7 Å². The van der Waals surface area contributed by atoms with Gasteiger partial charge in [-0.2, -0.15) is 0 Å². The van der Waals surface area contributed by atoms with Gasteiger partial charge in [0, 0.05) is 30.3 Å². The number of para-hydroxylation sites is 1. The SMILES string of the molecule is CCc1ccccc1NC(=O)N1CCC[C@H](C(=O)c2ccc3cc(OC)ccc3c2)C1. The molecule has 0 unspecified atom stereocenters. The first-order chi connectivity index (χ1) is 15.1. The van der Waals surface area contributed by atoms with Crippen LogP contribution in [0, 0.1) is 5.92 Å². The zero-order valence-electron chi connectivity index (χ0n) is 18.1. The molecule has 4 rings (SSSR count). The van der Waals surface area contributed by atoms with Gasteiger partial charge >= 0.3 is 6.03 Å². The van der Waals surface area contributed by atoms with Crippen molar-refractivity contribution in [3.05, 3.63) is 71.8 Å². The zero-order chi connectivity index (χ0) is 21.8. The summed E-state index contributed by atoms with van der Waals surface area (Å²) in [6, 6.07) is 19.3. The van der Waals surface area contributed by atoms with Gasteiger partial charge in [-0.25, -0.2) is 4.79 Å². The number of carbonyl (C=O) groups is 2. The Balaban J connectivity index is 1.47. The van der Waals surface area contributed by atoms with E-state index in [9.17, 15) is 9.59 Å². The van der Waals surface area contributed by atoms with Gasteiger partial charge in [0.15, 0.2) is 5.78 Å². The number of aryl methyl sites for hydroxylation is 1. The Bertz CT molecular complexity index is 1110. The van der Waals surface area contributed by atoms with Crippen LogP contribution in [-0.4, -0.2) is 36.9 Å². The van der Waals surface area contributed by atoms with Crippen molar-refractivity contribution < 1.29 is 14.3 Å². The quantitative estimate of drug-likeness (QED) is 0.556. The Morgan fingerprint density at radius 2 is 1.84 bits per heavy atom. The van der Waals surface area contributed by atoms with Gasteiger partial charge in [0.05, 0.1) is 7.11 Å². The van der Waals surface area contributed by atoms with Crippen molar-refractivity contribution in [1.82, 2.24) is 4.90 Å². The molecule has 160 valence electrons. The molecule has 0 radical (unpaired) electrons. The number of methoxy groups -OCH3 is 1. The molecular formula is C26H28N2O3. The first-order valence-electron chi connectivity index (χ1n) is 10.8. The molecule has 1 saturated heterocycles. The highest BCUT2D eigenvalue weighted by molar-refractivity contribution is 6.02. The second kappa shape index (κ2) is 9.21. The molecule has 31 heavy (non-hydrogen) atoms. The van der Waals surface area contributed by atoms with Crippen LogP contribution >= 0.6 is 0 Å². The van der Waals surface area contributed by atoms with E-state index in [1.165, 1.54) is 0 Å². The topological polar surface area (TPSA) is 58.6 Å². The number of amides is 2. The fourth-order valence-corrected chi connectivity index (χ4v) is 4.26. The third kappa shape index (κ3) is 4.55. The maximum Gasteiger partial charge on any atom is 0.321 e. The number of rotatable bonds is 5. The standard InChI is InChI=1S/C26H28N2O3/c1-3-18-7-4-5-9-24(18)27-26(30)28-14-6-8-22(17-28)25(29)21-11-10-20-16-23(31-2)13-12-19(20)15-21/h4-5,7,9-13,15-16,22H,3,6,8,14,17H2,1-2H3,(H,27,30)/t22-/m0/s1. The molecule has 1 N–H and O–H groups in total. The summed E-state index contributed by atoms with van der Waals surface area (Å²) in [5.74, 6) is 0.714.